The van der Waals surface area contributed by atoms with E-state index < -0.39 is 0 Å². The number of hydrogen-bond donors (Lipinski definition) is 1. The molecule has 0 aromatic carbocycles. The van der Waals surface area contributed by atoms with E-state index in [9.17, 15) is 4.79 Å². The Morgan fingerprint density at radius 1 is 1.52 bits per heavy atom. The van der Waals surface area contributed by atoms with E-state index in [2.05, 4.69) is 22.1 Å². The molecule has 0 spiro atoms. The monoisotopic (exact) mass is 338 g/mol. The zero-order valence-electron chi connectivity index (χ0n) is 14.0. The molecular weight excluding hydrogens is 312 g/mol. The molecule has 0 aliphatic carbocycles. The van der Waals surface area contributed by atoms with Crippen LogP contribution in [-0.2, 0) is 4.74 Å². The van der Waals surface area contributed by atoms with Gasteiger partial charge in [0, 0.05) is 30.2 Å². The van der Waals surface area contributed by atoms with Crippen molar-refractivity contribution in [2.24, 2.45) is 0 Å². The minimum Gasteiger partial charge on any atom is -0.377 e. The van der Waals surface area contributed by atoms with E-state index in [1.54, 1.807) is 11.3 Å². The van der Waals surface area contributed by atoms with Crippen LogP contribution in [0.25, 0.3) is 0 Å². The Hall–Kier alpha value is -1.18. The molecule has 3 heterocycles. The van der Waals surface area contributed by atoms with Crippen LogP contribution in [0.5, 0.6) is 0 Å². The molecule has 0 saturated carbocycles. The van der Waals surface area contributed by atoms with E-state index >= 15 is 0 Å². The van der Waals surface area contributed by atoms with Crippen molar-refractivity contribution in [3.05, 3.63) is 16.1 Å². The zero-order valence-corrected chi connectivity index (χ0v) is 14.8. The first-order chi connectivity index (χ1) is 11.2. The Balaban J connectivity index is 1.64. The molecule has 0 radical (unpaired) electrons. The van der Waals surface area contributed by atoms with Crippen molar-refractivity contribution in [3.63, 3.8) is 0 Å². The summed E-state index contributed by atoms with van der Waals surface area (Å²) in [7, 11) is 0. The quantitative estimate of drug-likeness (QED) is 0.916. The third-order valence-electron chi connectivity index (χ3n) is 4.59. The molecule has 1 aromatic heterocycles. The van der Waals surface area contributed by atoms with Crippen molar-refractivity contribution in [2.75, 3.05) is 39.4 Å². The number of morpholine rings is 1. The Morgan fingerprint density at radius 2 is 2.39 bits per heavy atom. The molecule has 1 N–H and O–H groups in total. The number of carbonyl (C=O) groups excluding carboxylic acids is 1. The molecule has 2 amide bonds. The second kappa shape index (κ2) is 7.59. The molecule has 23 heavy (non-hydrogen) atoms. The van der Waals surface area contributed by atoms with Crippen molar-refractivity contribution in [2.45, 2.75) is 38.8 Å². The number of nitrogens with zero attached hydrogens (tertiary/aromatic N) is 3. The molecule has 3 rings (SSSR count). The minimum atomic E-state index is -0.0617. The molecule has 0 bridgehead atoms. The van der Waals surface area contributed by atoms with Crippen molar-refractivity contribution in [1.29, 1.82) is 0 Å². The van der Waals surface area contributed by atoms with E-state index in [0.29, 0.717) is 19.8 Å². The molecule has 2 atom stereocenters. The number of aryl methyl sites for hydroxylation is 1. The van der Waals surface area contributed by atoms with Crippen LogP contribution in [0.15, 0.2) is 5.38 Å². The maximum Gasteiger partial charge on any atom is 0.318 e. The van der Waals surface area contributed by atoms with Crippen molar-refractivity contribution in [3.8, 4) is 0 Å². The Morgan fingerprint density at radius 3 is 3.13 bits per heavy atom. The third-order valence-corrected chi connectivity index (χ3v) is 5.66. The summed E-state index contributed by atoms with van der Waals surface area (Å²) >= 11 is 1.61. The van der Waals surface area contributed by atoms with Crippen LogP contribution in [0.1, 0.15) is 36.5 Å². The number of rotatable bonds is 3. The van der Waals surface area contributed by atoms with E-state index in [1.807, 2.05) is 17.2 Å². The number of likely N-dealkylation sites (N-methyl/N-ethyl adjacent to an activating group) is 1. The van der Waals surface area contributed by atoms with Gasteiger partial charge in [0.1, 0.15) is 11.0 Å². The number of ether oxygens (including phenoxy) is 1. The van der Waals surface area contributed by atoms with Crippen LogP contribution in [0, 0.1) is 6.92 Å². The van der Waals surface area contributed by atoms with Gasteiger partial charge >= 0.3 is 6.03 Å². The van der Waals surface area contributed by atoms with Crippen molar-refractivity contribution in [1.82, 2.24) is 20.1 Å². The average molecular weight is 338 g/mol. The maximum atomic E-state index is 12.8. The predicted molar refractivity (Wildman–Crippen MR) is 90.8 cm³/mol. The summed E-state index contributed by atoms with van der Waals surface area (Å²) in [4.78, 5) is 21.6. The number of piperidine rings is 1. The average Bonchev–Trinajstić information content (AvgIpc) is 3.01. The number of thiazole rings is 1. The largest absolute Gasteiger partial charge is 0.377 e. The molecule has 2 aliphatic rings. The molecule has 6 nitrogen and oxygen atoms in total. The van der Waals surface area contributed by atoms with Crippen LogP contribution >= 0.6 is 11.3 Å². The smallest absolute Gasteiger partial charge is 0.318 e. The summed E-state index contributed by atoms with van der Waals surface area (Å²) in [5.41, 5.74) is 1.00. The van der Waals surface area contributed by atoms with Gasteiger partial charge in [-0.15, -0.1) is 11.3 Å². The number of urea groups is 1. The molecule has 2 saturated heterocycles. The lowest BCUT2D eigenvalue weighted by Crippen LogP contribution is -2.54. The highest BCUT2D eigenvalue weighted by atomic mass is 32.1. The van der Waals surface area contributed by atoms with Crippen LogP contribution in [-0.4, -0.2) is 66.2 Å². The van der Waals surface area contributed by atoms with Gasteiger partial charge in [-0.1, -0.05) is 6.92 Å². The number of nitrogens with one attached hydrogen (secondary N) is 1. The standard InChI is InChI=1S/C16H26N4O2S/c1-3-19-6-4-5-13(9-19)18-16(21)20-7-8-22-10-14(20)15-17-12(2)11-23-15/h11,13-14H,3-10H2,1-2H3,(H,18,21)/t13-,14-/m0/s1. The lowest BCUT2D eigenvalue weighted by atomic mass is 10.1. The van der Waals surface area contributed by atoms with Crippen molar-refractivity contribution >= 4 is 17.4 Å². The summed E-state index contributed by atoms with van der Waals surface area (Å²) in [6, 6.07) is 0.208. The normalized spacial score (nSPS) is 26.3. The Labute approximate surface area is 141 Å². The minimum absolute atomic E-state index is 0.0223. The first-order valence-corrected chi connectivity index (χ1v) is 9.34. The van der Waals surface area contributed by atoms with Gasteiger partial charge in [0.15, 0.2) is 0 Å². The number of carbonyl (C=O) groups is 1. The van der Waals surface area contributed by atoms with Crippen LogP contribution in [0.2, 0.25) is 0 Å². The predicted octanol–water partition coefficient (Wildman–Crippen LogP) is 2.02. The molecule has 2 fully saturated rings. The molecule has 7 heteroatoms. The van der Waals surface area contributed by atoms with E-state index in [0.717, 1.165) is 43.2 Å². The Kier molecular flexibility index (Phi) is 5.50. The lowest BCUT2D eigenvalue weighted by Gasteiger charge is -2.37. The van der Waals surface area contributed by atoms with Gasteiger partial charge < -0.3 is 19.9 Å². The summed E-state index contributed by atoms with van der Waals surface area (Å²) < 4.78 is 5.59. The number of likely N-dealkylation sites (tertiary alicyclic amines) is 1. The van der Waals surface area contributed by atoms with E-state index in [-0.39, 0.29) is 18.1 Å². The van der Waals surface area contributed by atoms with Crippen molar-refractivity contribution < 1.29 is 9.53 Å². The molecule has 1 aromatic rings. The highest BCUT2D eigenvalue weighted by Crippen LogP contribution is 2.27. The van der Waals surface area contributed by atoms with Crippen LogP contribution < -0.4 is 5.32 Å². The summed E-state index contributed by atoms with van der Waals surface area (Å²) in [5, 5.41) is 6.22. The fourth-order valence-electron chi connectivity index (χ4n) is 3.29. The first kappa shape index (κ1) is 16.7. The number of amides is 2. The van der Waals surface area contributed by atoms with Gasteiger partial charge in [0.05, 0.1) is 13.2 Å². The van der Waals surface area contributed by atoms with Gasteiger partial charge in [0.25, 0.3) is 0 Å². The summed E-state index contributed by atoms with van der Waals surface area (Å²) in [5.74, 6) is 0. The van der Waals surface area contributed by atoms with Gasteiger partial charge in [-0.3, -0.25) is 0 Å². The van der Waals surface area contributed by atoms with Crippen LogP contribution in [0.4, 0.5) is 4.79 Å². The highest BCUT2D eigenvalue weighted by molar-refractivity contribution is 7.09. The zero-order chi connectivity index (χ0) is 16.2. The lowest BCUT2D eigenvalue weighted by molar-refractivity contribution is 0.0103. The molecule has 128 valence electrons. The van der Waals surface area contributed by atoms with Gasteiger partial charge in [-0.25, -0.2) is 9.78 Å². The highest BCUT2D eigenvalue weighted by Gasteiger charge is 2.32. The fourth-order valence-corrected chi connectivity index (χ4v) is 4.19. The second-order valence-electron chi connectivity index (χ2n) is 6.29. The molecule has 2 aliphatic heterocycles. The van der Waals surface area contributed by atoms with Crippen LogP contribution in [0.3, 0.4) is 0 Å². The van der Waals surface area contributed by atoms with E-state index in [1.165, 1.54) is 0 Å². The summed E-state index contributed by atoms with van der Waals surface area (Å²) in [6.07, 6.45) is 2.21. The number of hydrogen-bond acceptors (Lipinski definition) is 5. The van der Waals surface area contributed by atoms with Gasteiger partial charge in [-0.05, 0) is 32.9 Å². The number of aromatic nitrogens is 1. The maximum absolute atomic E-state index is 12.8. The summed E-state index contributed by atoms with van der Waals surface area (Å²) in [6.45, 7) is 9.05. The fraction of sp³-hybridized carbons (Fsp3) is 0.750. The van der Waals surface area contributed by atoms with Gasteiger partial charge in [-0.2, -0.15) is 0 Å². The molecule has 0 unspecified atom stereocenters. The Bertz CT molecular complexity index is 536. The molecular formula is C16H26N4O2S. The topological polar surface area (TPSA) is 57.7 Å². The van der Waals surface area contributed by atoms with E-state index in [4.69, 9.17) is 4.74 Å². The first-order valence-electron chi connectivity index (χ1n) is 8.46. The SMILES string of the molecule is CCN1CCC[C@H](NC(=O)N2CCOC[C@H]2c2nc(C)cs2)C1. The third kappa shape index (κ3) is 4.02. The second-order valence-corrected chi connectivity index (χ2v) is 7.18. The van der Waals surface area contributed by atoms with Gasteiger partial charge in [0.2, 0.25) is 0 Å².